The summed E-state index contributed by atoms with van der Waals surface area (Å²) in [7, 11) is -2.41. The summed E-state index contributed by atoms with van der Waals surface area (Å²) in [5.74, 6) is -0.104. The first kappa shape index (κ1) is 20.2. The highest BCUT2D eigenvalue weighted by Crippen LogP contribution is 2.23. The van der Waals surface area contributed by atoms with Crippen LogP contribution in [0.15, 0.2) is 47.4 Å². The van der Waals surface area contributed by atoms with Crippen LogP contribution in [0.2, 0.25) is 5.02 Å². The highest BCUT2D eigenvalue weighted by atomic mass is 35.5. The third kappa shape index (κ3) is 4.97. The monoisotopic (exact) mass is 396 g/mol. The Bertz CT molecular complexity index is 898. The zero-order valence-corrected chi connectivity index (χ0v) is 16.3. The molecule has 2 N–H and O–H groups in total. The van der Waals surface area contributed by atoms with E-state index in [0.29, 0.717) is 16.3 Å². The van der Waals surface area contributed by atoms with E-state index in [-0.39, 0.29) is 23.0 Å². The number of carbonyl (C=O) groups excluding carboxylic acids is 1. The second kappa shape index (κ2) is 8.53. The standard InChI is InChI=1S/C18H21ClN2O4S/c1-12(2)21-18(22)15-10-14(8-9-17(15)25-3)26(23,24)20-11-13-6-4-5-7-16(13)19/h4-10,12,20H,11H2,1-3H3,(H,21,22). The van der Waals surface area contributed by atoms with Crippen LogP contribution in [-0.4, -0.2) is 27.5 Å². The molecule has 2 aromatic carbocycles. The zero-order valence-electron chi connectivity index (χ0n) is 14.7. The van der Waals surface area contributed by atoms with Gasteiger partial charge in [-0.3, -0.25) is 4.79 Å². The number of hydrogen-bond donors (Lipinski definition) is 2. The molecule has 0 spiro atoms. The van der Waals surface area contributed by atoms with Gasteiger partial charge in [0.1, 0.15) is 5.75 Å². The Labute approximate surface area is 158 Å². The third-order valence-corrected chi connectivity index (χ3v) is 5.32. The summed E-state index contributed by atoms with van der Waals surface area (Å²) in [4.78, 5) is 12.3. The topological polar surface area (TPSA) is 84.5 Å². The molecule has 0 aliphatic rings. The van der Waals surface area contributed by atoms with E-state index in [1.54, 1.807) is 24.3 Å². The summed E-state index contributed by atoms with van der Waals surface area (Å²) in [5.41, 5.74) is 0.811. The van der Waals surface area contributed by atoms with Crippen molar-refractivity contribution in [2.75, 3.05) is 7.11 Å². The van der Waals surface area contributed by atoms with Crippen LogP contribution in [-0.2, 0) is 16.6 Å². The molecule has 0 aliphatic heterocycles. The minimum absolute atomic E-state index is 0.0285. The smallest absolute Gasteiger partial charge is 0.255 e. The number of amides is 1. The van der Waals surface area contributed by atoms with E-state index in [4.69, 9.17) is 16.3 Å². The molecule has 0 unspecified atom stereocenters. The first-order valence-corrected chi connectivity index (χ1v) is 9.82. The Morgan fingerprint density at radius 3 is 2.50 bits per heavy atom. The second-order valence-electron chi connectivity index (χ2n) is 5.91. The lowest BCUT2D eigenvalue weighted by atomic mass is 10.2. The molecule has 0 fully saturated rings. The Morgan fingerprint density at radius 1 is 1.19 bits per heavy atom. The number of ether oxygens (including phenoxy) is 1. The quantitative estimate of drug-likeness (QED) is 0.753. The van der Waals surface area contributed by atoms with E-state index in [2.05, 4.69) is 10.0 Å². The van der Waals surface area contributed by atoms with Crippen molar-refractivity contribution in [2.45, 2.75) is 31.3 Å². The fraction of sp³-hybridized carbons (Fsp3) is 0.278. The molecule has 0 aromatic heterocycles. The molecule has 140 valence electrons. The number of methoxy groups -OCH3 is 1. The van der Waals surface area contributed by atoms with Crippen molar-refractivity contribution >= 4 is 27.5 Å². The van der Waals surface area contributed by atoms with Crippen molar-refractivity contribution in [3.63, 3.8) is 0 Å². The van der Waals surface area contributed by atoms with Gasteiger partial charge in [0.25, 0.3) is 5.91 Å². The van der Waals surface area contributed by atoms with Crippen LogP contribution in [0.25, 0.3) is 0 Å². The number of hydrogen-bond acceptors (Lipinski definition) is 4. The summed E-state index contributed by atoms with van der Waals surface area (Å²) in [5, 5.41) is 3.20. The maximum atomic E-state index is 12.6. The van der Waals surface area contributed by atoms with E-state index in [0.717, 1.165) is 0 Å². The molecular formula is C18H21ClN2O4S. The molecule has 1 amide bonds. The number of halogens is 1. The summed E-state index contributed by atoms with van der Waals surface area (Å²) in [6.45, 7) is 3.67. The van der Waals surface area contributed by atoms with Gasteiger partial charge in [0.2, 0.25) is 10.0 Å². The van der Waals surface area contributed by atoms with E-state index in [9.17, 15) is 13.2 Å². The van der Waals surface area contributed by atoms with Gasteiger partial charge in [-0.25, -0.2) is 13.1 Å². The van der Waals surface area contributed by atoms with Gasteiger partial charge in [-0.2, -0.15) is 0 Å². The summed E-state index contributed by atoms with van der Waals surface area (Å²) in [6, 6.07) is 11.0. The first-order chi connectivity index (χ1) is 12.2. The van der Waals surface area contributed by atoms with Gasteiger partial charge < -0.3 is 10.1 Å². The lowest BCUT2D eigenvalue weighted by Crippen LogP contribution is -2.31. The molecule has 0 radical (unpaired) electrons. The van der Waals surface area contributed by atoms with Gasteiger partial charge in [-0.05, 0) is 43.7 Å². The molecule has 0 saturated carbocycles. The van der Waals surface area contributed by atoms with Crippen molar-refractivity contribution in [1.29, 1.82) is 0 Å². The fourth-order valence-electron chi connectivity index (χ4n) is 2.27. The van der Waals surface area contributed by atoms with E-state index >= 15 is 0 Å². The van der Waals surface area contributed by atoms with Crippen LogP contribution >= 0.6 is 11.6 Å². The van der Waals surface area contributed by atoms with E-state index in [1.165, 1.54) is 25.3 Å². The van der Waals surface area contributed by atoms with E-state index in [1.807, 2.05) is 13.8 Å². The van der Waals surface area contributed by atoms with E-state index < -0.39 is 15.9 Å². The van der Waals surface area contributed by atoms with Crippen LogP contribution in [0.5, 0.6) is 5.75 Å². The Morgan fingerprint density at radius 2 is 1.88 bits per heavy atom. The maximum absolute atomic E-state index is 12.6. The highest BCUT2D eigenvalue weighted by molar-refractivity contribution is 7.89. The van der Waals surface area contributed by atoms with Crippen LogP contribution < -0.4 is 14.8 Å². The molecule has 0 atom stereocenters. The average Bonchev–Trinajstić information content (AvgIpc) is 2.60. The molecule has 2 rings (SSSR count). The molecule has 0 bridgehead atoms. The van der Waals surface area contributed by atoms with Crippen molar-refractivity contribution in [2.24, 2.45) is 0 Å². The molecule has 26 heavy (non-hydrogen) atoms. The molecule has 0 saturated heterocycles. The molecule has 6 nitrogen and oxygen atoms in total. The Hall–Kier alpha value is -2.09. The Kier molecular flexibility index (Phi) is 6.63. The predicted molar refractivity (Wildman–Crippen MR) is 101 cm³/mol. The highest BCUT2D eigenvalue weighted by Gasteiger charge is 2.20. The third-order valence-electron chi connectivity index (χ3n) is 3.56. The predicted octanol–water partition coefficient (Wildman–Crippen LogP) is 2.97. The lowest BCUT2D eigenvalue weighted by Gasteiger charge is -2.14. The Balaban J connectivity index is 2.28. The largest absolute Gasteiger partial charge is 0.496 e. The van der Waals surface area contributed by atoms with Gasteiger partial charge in [0, 0.05) is 17.6 Å². The number of benzene rings is 2. The SMILES string of the molecule is COc1ccc(S(=O)(=O)NCc2ccccc2Cl)cc1C(=O)NC(C)C. The number of carbonyl (C=O) groups is 1. The van der Waals surface area contributed by atoms with Crippen molar-refractivity contribution < 1.29 is 17.9 Å². The second-order valence-corrected chi connectivity index (χ2v) is 8.08. The van der Waals surface area contributed by atoms with Crippen molar-refractivity contribution in [3.05, 3.63) is 58.6 Å². The molecule has 0 heterocycles. The minimum Gasteiger partial charge on any atom is -0.496 e. The number of sulfonamides is 1. The first-order valence-electron chi connectivity index (χ1n) is 7.96. The molecular weight excluding hydrogens is 376 g/mol. The van der Waals surface area contributed by atoms with Gasteiger partial charge in [-0.1, -0.05) is 29.8 Å². The average molecular weight is 397 g/mol. The number of rotatable bonds is 7. The molecule has 0 aliphatic carbocycles. The van der Waals surface area contributed by atoms with Crippen LogP contribution in [0.3, 0.4) is 0 Å². The van der Waals surface area contributed by atoms with Gasteiger partial charge >= 0.3 is 0 Å². The summed E-state index contributed by atoms with van der Waals surface area (Å²) >= 11 is 6.05. The van der Waals surface area contributed by atoms with Crippen LogP contribution in [0, 0.1) is 0 Å². The van der Waals surface area contributed by atoms with Gasteiger partial charge in [0.05, 0.1) is 17.6 Å². The maximum Gasteiger partial charge on any atom is 0.255 e. The van der Waals surface area contributed by atoms with Gasteiger partial charge in [0.15, 0.2) is 0 Å². The number of nitrogens with one attached hydrogen (secondary N) is 2. The van der Waals surface area contributed by atoms with Crippen molar-refractivity contribution in [3.8, 4) is 5.75 Å². The fourth-order valence-corrected chi connectivity index (χ4v) is 3.50. The normalized spacial score (nSPS) is 11.4. The lowest BCUT2D eigenvalue weighted by molar-refractivity contribution is 0.0940. The minimum atomic E-state index is -3.83. The van der Waals surface area contributed by atoms with Gasteiger partial charge in [-0.15, -0.1) is 0 Å². The molecule has 2 aromatic rings. The molecule has 8 heteroatoms. The summed E-state index contributed by atoms with van der Waals surface area (Å²) < 4.78 is 32.8. The van der Waals surface area contributed by atoms with Crippen LogP contribution in [0.1, 0.15) is 29.8 Å². The van der Waals surface area contributed by atoms with Crippen molar-refractivity contribution in [1.82, 2.24) is 10.0 Å². The summed E-state index contributed by atoms with van der Waals surface area (Å²) in [6.07, 6.45) is 0. The van der Waals surface area contributed by atoms with Crippen LogP contribution in [0.4, 0.5) is 0 Å². The zero-order chi connectivity index (χ0) is 19.3.